The number of nitrogens with zero attached hydrogens (tertiary/aromatic N) is 3. The molecule has 1 amide bonds. The van der Waals surface area contributed by atoms with Crippen molar-refractivity contribution in [2.75, 3.05) is 32.8 Å². The number of alkyl halides is 3. The normalized spacial score (nSPS) is 15.4. The third-order valence-electron chi connectivity index (χ3n) is 4.41. The molecule has 0 atom stereocenters. The van der Waals surface area contributed by atoms with E-state index in [1.54, 1.807) is 4.90 Å². The zero-order valence-corrected chi connectivity index (χ0v) is 16.8. The first kappa shape index (κ1) is 21.7. The van der Waals surface area contributed by atoms with Crippen molar-refractivity contribution >= 4 is 29.1 Å². The molecule has 0 spiro atoms. The van der Waals surface area contributed by atoms with Crippen LogP contribution in [0.5, 0.6) is 5.88 Å². The van der Waals surface area contributed by atoms with E-state index in [0.29, 0.717) is 31.2 Å². The Balaban J connectivity index is 1.54. The third-order valence-corrected chi connectivity index (χ3v) is 4.93. The lowest BCUT2D eigenvalue weighted by atomic mass is 10.2. The molecule has 0 radical (unpaired) electrons. The third kappa shape index (κ3) is 6.22. The summed E-state index contributed by atoms with van der Waals surface area (Å²) in [6.45, 7) is 1.71. The highest BCUT2D eigenvalue weighted by molar-refractivity contribution is 6.32. The Morgan fingerprint density at radius 3 is 2.34 bits per heavy atom. The van der Waals surface area contributed by atoms with Gasteiger partial charge < -0.3 is 9.64 Å². The van der Waals surface area contributed by atoms with Crippen molar-refractivity contribution in [3.63, 3.8) is 0 Å². The molecule has 1 aromatic heterocycles. The van der Waals surface area contributed by atoms with Crippen molar-refractivity contribution in [3.8, 4) is 5.88 Å². The van der Waals surface area contributed by atoms with Gasteiger partial charge in [-0.2, -0.15) is 13.2 Å². The van der Waals surface area contributed by atoms with E-state index in [1.165, 1.54) is 12.3 Å². The molecule has 1 fully saturated rings. The largest absolute Gasteiger partial charge is 0.467 e. The zero-order chi connectivity index (χ0) is 21.0. The van der Waals surface area contributed by atoms with Gasteiger partial charge in [0, 0.05) is 43.9 Å². The number of rotatable bonds is 5. The summed E-state index contributed by atoms with van der Waals surface area (Å²) < 4.78 is 41.3. The van der Waals surface area contributed by atoms with E-state index in [-0.39, 0.29) is 22.4 Å². The van der Waals surface area contributed by atoms with Crippen LogP contribution in [0.1, 0.15) is 15.9 Å². The quantitative estimate of drug-likeness (QED) is 0.685. The first-order chi connectivity index (χ1) is 13.7. The Kier molecular flexibility index (Phi) is 6.87. The lowest BCUT2D eigenvalue weighted by Crippen LogP contribution is -2.48. The number of ether oxygens (including phenoxy) is 1. The summed E-state index contributed by atoms with van der Waals surface area (Å²) in [5.74, 6) is -0.624. The summed E-state index contributed by atoms with van der Waals surface area (Å²) in [7, 11) is 0. The number of halogens is 5. The van der Waals surface area contributed by atoms with Crippen molar-refractivity contribution < 1.29 is 22.7 Å². The molecule has 0 aliphatic carbocycles. The summed E-state index contributed by atoms with van der Waals surface area (Å²) in [5, 5.41) is 0.549. The van der Waals surface area contributed by atoms with Crippen molar-refractivity contribution in [2.24, 2.45) is 0 Å². The van der Waals surface area contributed by atoms with Gasteiger partial charge in [0.05, 0.1) is 5.56 Å². The average molecular weight is 448 g/mol. The van der Waals surface area contributed by atoms with Crippen LogP contribution in [0.15, 0.2) is 36.5 Å². The van der Waals surface area contributed by atoms with Crippen molar-refractivity contribution in [3.05, 3.63) is 57.7 Å². The molecule has 1 saturated heterocycles. The molecule has 0 bridgehead atoms. The van der Waals surface area contributed by atoms with E-state index in [2.05, 4.69) is 14.6 Å². The predicted molar refractivity (Wildman–Crippen MR) is 103 cm³/mol. The molecule has 10 heteroatoms. The molecule has 1 aromatic carbocycles. The van der Waals surface area contributed by atoms with Crippen LogP contribution in [0.4, 0.5) is 13.2 Å². The zero-order valence-electron chi connectivity index (χ0n) is 15.3. The number of carbonyl (C=O) groups excluding carboxylic acids is 1. The van der Waals surface area contributed by atoms with Gasteiger partial charge in [-0.15, -0.1) is 0 Å². The second-order valence-corrected chi connectivity index (χ2v) is 7.45. The molecule has 0 unspecified atom stereocenters. The van der Waals surface area contributed by atoms with Crippen LogP contribution in [-0.2, 0) is 6.54 Å². The van der Waals surface area contributed by atoms with E-state index in [4.69, 9.17) is 23.2 Å². The summed E-state index contributed by atoms with van der Waals surface area (Å²) in [5.41, 5.74) is 1.35. The predicted octanol–water partition coefficient (Wildman–Crippen LogP) is 4.29. The molecule has 2 aromatic rings. The minimum atomic E-state index is -4.49. The molecular weight excluding hydrogens is 430 g/mol. The van der Waals surface area contributed by atoms with Gasteiger partial charge in [-0.25, -0.2) is 4.98 Å². The van der Waals surface area contributed by atoms with Crippen LogP contribution in [0.25, 0.3) is 0 Å². The second kappa shape index (κ2) is 9.19. The van der Waals surface area contributed by atoms with Crippen LogP contribution in [0.2, 0.25) is 10.0 Å². The van der Waals surface area contributed by atoms with Gasteiger partial charge in [-0.1, -0.05) is 35.3 Å². The highest BCUT2D eigenvalue weighted by atomic mass is 35.5. The Labute approximate surface area is 176 Å². The maximum Gasteiger partial charge on any atom is 0.422 e. The number of aromatic nitrogens is 1. The molecule has 0 saturated carbocycles. The van der Waals surface area contributed by atoms with Crippen LogP contribution in [0, 0.1) is 0 Å². The molecule has 156 valence electrons. The maximum atomic E-state index is 12.7. The van der Waals surface area contributed by atoms with Gasteiger partial charge in [0.25, 0.3) is 5.91 Å². The molecule has 2 heterocycles. The van der Waals surface area contributed by atoms with Gasteiger partial charge >= 0.3 is 6.18 Å². The molecule has 3 rings (SSSR count). The van der Waals surface area contributed by atoms with Crippen LogP contribution in [0.3, 0.4) is 0 Å². The van der Waals surface area contributed by atoms with Gasteiger partial charge in [0.1, 0.15) is 5.02 Å². The average Bonchev–Trinajstić information content (AvgIpc) is 2.68. The topological polar surface area (TPSA) is 45.7 Å². The number of piperazine rings is 1. The van der Waals surface area contributed by atoms with Crippen LogP contribution < -0.4 is 4.74 Å². The van der Waals surface area contributed by atoms with E-state index < -0.39 is 12.8 Å². The van der Waals surface area contributed by atoms with Crippen molar-refractivity contribution in [2.45, 2.75) is 12.7 Å². The van der Waals surface area contributed by atoms with E-state index >= 15 is 0 Å². The van der Waals surface area contributed by atoms with Crippen LogP contribution in [-0.4, -0.2) is 59.7 Å². The van der Waals surface area contributed by atoms with E-state index in [1.807, 2.05) is 24.3 Å². The van der Waals surface area contributed by atoms with Gasteiger partial charge in [0.2, 0.25) is 5.88 Å². The van der Waals surface area contributed by atoms with E-state index in [0.717, 1.165) is 12.1 Å². The van der Waals surface area contributed by atoms with Crippen LogP contribution >= 0.6 is 23.2 Å². The molecule has 0 N–H and O–H groups in total. The number of benzene rings is 1. The standard InChI is InChI=1S/C19H18Cl2F3N3O2/c20-15-3-1-13(2-4-15)11-26-5-7-27(8-6-26)18(28)14-9-16(21)17(25-10-14)29-12-19(22,23)24/h1-4,9-10H,5-8,11-12H2. The number of hydrogen-bond donors (Lipinski definition) is 0. The highest BCUT2D eigenvalue weighted by Crippen LogP contribution is 2.25. The van der Waals surface area contributed by atoms with Gasteiger partial charge in [-0.3, -0.25) is 9.69 Å². The Morgan fingerprint density at radius 2 is 1.76 bits per heavy atom. The fraction of sp³-hybridized carbons (Fsp3) is 0.368. The maximum absolute atomic E-state index is 12.7. The van der Waals surface area contributed by atoms with Gasteiger partial charge in [0.15, 0.2) is 6.61 Å². The van der Waals surface area contributed by atoms with Crippen molar-refractivity contribution in [1.29, 1.82) is 0 Å². The molecule has 5 nitrogen and oxygen atoms in total. The fourth-order valence-corrected chi connectivity index (χ4v) is 3.29. The monoisotopic (exact) mass is 447 g/mol. The molecule has 1 aliphatic rings. The first-order valence-corrected chi connectivity index (χ1v) is 9.58. The molecule has 1 aliphatic heterocycles. The lowest BCUT2D eigenvalue weighted by molar-refractivity contribution is -0.154. The number of carbonyl (C=O) groups is 1. The summed E-state index contributed by atoms with van der Waals surface area (Å²) in [6, 6.07) is 8.90. The van der Waals surface area contributed by atoms with E-state index in [9.17, 15) is 18.0 Å². The smallest absolute Gasteiger partial charge is 0.422 e. The SMILES string of the molecule is O=C(c1cnc(OCC(F)(F)F)c(Cl)c1)N1CCN(Cc2ccc(Cl)cc2)CC1. The first-order valence-electron chi connectivity index (χ1n) is 8.82. The number of pyridine rings is 1. The minimum Gasteiger partial charge on any atom is -0.467 e. The fourth-order valence-electron chi connectivity index (χ4n) is 2.94. The molecular formula is C19H18Cl2F3N3O2. The second-order valence-electron chi connectivity index (χ2n) is 6.61. The summed E-state index contributed by atoms with van der Waals surface area (Å²) >= 11 is 11.8. The highest BCUT2D eigenvalue weighted by Gasteiger charge is 2.29. The van der Waals surface area contributed by atoms with Gasteiger partial charge in [-0.05, 0) is 23.8 Å². The summed E-state index contributed by atoms with van der Waals surface area (Å²) in [6.07, 6.45) is -3.31. The number of amides is 1. The Bertz CT molecular complexity index is 855. The summed E-state index contributed by atoms with van der Waals surface area (Å²) in [4.78, 5) is 20.3. The lowest BCUT2D eigenvalue weighted by Gasteiger charge is -2.34. The Hall–Kier alpha value is -2.03. The number of hydrogen-bond acceptors (Lipinski definition) is 4. The van der Waals surface area contributed by atoms with Crippen molar-refractivity contribution in [1.82, 2.24) is 14.8 Å². The molecule has 29 heavy (non-hydrogen) atoms. The Morgan fingerprint density at radius 1 is 1.10 bits per heavy atom. The minimum absolute atomic E-state index is 0.138.